The zero-order valence-corrected chi connectivity index (χ0v) is 13.4. The zero-order chi connectivity index (χ0) is 16.0. The van der Waals surface area contributed by atoms with E-state index in [2.05, 4.69) is 16.8 Å². The molecule has 1 N–H and O–H groups in total. The summed E-state index contributed by atoms with van der Waals surface area (Å²) in [5.41, 5.74) is 1.44. The minimum atomic E-state index is -0.430. The first-order chi connectivity index (χ1) is 11.1. The number of likely N-dealkylation sites (N-methyl/N-ethyl adjacent to an activating group) is 1. The summed E-state index contributed by atoms with van der Waals surface area (Å²) in [5, 5.41) is 0.850. The summed E-state index contributed by atoms with van der Waals surface area (Å²) in [6.45, 7) is 6.67. The summed E-state index contributed by atoms with van der Waals surface area (Å²) in [6, 6.07) is 4.74. The molecule has 0 unspecified atom stereocenters. The van der Waals surface area contributed by atoms with Gasteiger partial charge in [-0.05, 0) is 43.1 Å². The first-order valence-corrected chi connectivity index (χ1v) is 8.43. The molecule has 1 aliphatic carbocycles. The quantitative estimate of drug-likeness (QED) is 0.945. The van der Waals surface area contributed by atoms with Gasteiger partial charge in [0.1, 0.15) is 5.82 Å². The zero-order valence-electron chi connectivity index (χ0n) is 13.4. The summed E-state index contributed by atoms with van der Waals surface area (Å²) in [7, 11) is 0. The van der Waals surface area contributed by atoms with E-state index >= 15 is 0 Å². The van der Waals surface area contributed by atoms with Crippen LogP contribution in [0.1, 0.15) is 25.3 Å². The molecule has 1 aliphatic heterocycles. The van der Waals surface area contributed by atoms with Crippen molar-refractivity contribution in [2.75, 3.05) is 32.7 Å². The summed E-state index contributed by atoms with van der Waals surface area (Å²) in [5.74, 6) is -0.0310. The molecule has 2 heterocycles. The van der Waals surface area contributed by atoms with Crippen LogP contribution in [0.2, 0.25) is 0 Å². The molecule has 1 saturated heterocycles. The Kier molecular flexibility index (Phi) is 3.41. The number of rotatable bonds is 3. The molecule has 1 aromatic carbocycles. The van der Waals surface area contributed by atoms with Crippen molar-refractivity contribution >= 4 is 16.8 Å². The van der Waals surface area contributed by atoms with Crippen LogP contribution in [0.25, 0.3) is 10.9 Å². The Balaban J connectivity index is 1.62. The smallest absolute Gasteiger partial charge is 0.233 e. The van der Waals surface area contributed by atoms with Gasteiger partial charge in [-0.15, -0.1) is 0 Å². The molecule has 1 aromatic heterocycles. The van der Waals surface area contributed by atoms with Gasteiger partial charge in [0.15, 0.2) is 0 Å². The molecule has 2 aliphatic rings. The van der Waals surface area contributed by atoms with Gasteiger partial charge >= 0.3 is 0 Å². The Hall–Kier alpha value is -1.88. The Morgan fingerprint density at radius 3 is 2.65 bits per heavy atom. The first kappa shape index (κ1) is 14.7. The van der Waals surface area contributed by atoms with Crippen molar-refractivity contribution in [3.63, 3.8) is 0 Å². The second-order valence-electron chi connectivity index (χ2n) is 6.70. The van der Waals surface area contributed by atoms with Crippen molar-refractivity contribution in [3.05, 3.63) is 35.8 Å². The van der Waals surface area contributed by atoms with Crippen LogP contribution in [0, 0.1) is 5.82 Å². The average molecular weight is 315 g/mol. The van der Waals surface area contributed by atoms with E-state index < -0.39 is 5.41 Å². The molecule has 4 rings (SSSR count). The van der Waals surface area contributed by atoms with E-state index in [4.69, 9.17) is 0 Å². The number of benzene rings is 1. The SMILES string of the molecule is CCN1CCN(C(=O)C2(c3c[nH]c4ccc(F)cc34)CC2)CC1. The van der Waals surface area contributed by atoms with Gasteiger partial charge in [-0.3, -0.25) is 4.79 Å². The van der Waals surface area contributed by atoms with Crippen LogP contribution in [0.3, 0.4) is 0 Å². The number of aromatic nitrogens is 1. The van der Waals surface area contributed by atoms with Crippen LogP contribution < -0.4 is 0 Å². The lowest BCUT2D eigenvalue weighted by Gasteiger charge is -2.36. The number of carbonyl (C=O) groups excluding carboxylic acids is 1. The third-order valence-corrected chi connectivity index (χ3v) is 5.43. The maximum atomic E-state index is 13.6. The van der Waals surface area contributed by atoms with Crippen LogP contribution in [0.15, 0.2) is 24.4 Å². The fourth-order valence-electron chi connectivity index (χ4n) is 3.78. The number of aromatic amines is 1. The summed E-state index contributed by atoms with van der Waals surface area (Å²) >= 11 is 0. The van der Waals surface area contributed by atoms with E-state index in [-0.39, 0.29) is 11.7 Å². The maximum Gasteiger partial charge on any atom is 0.233 e. The van der Waals surface area contributed by atoms with Gasteiger partial charge in [0, 0.05) is 43.3 Å². The summed E-state index contributed by atoms with van der Waals surface area (Å²) in [6.07, 6.45) is 3.63. The predicted octanol–water partition coefficient (Wildman–Crippen LogP) is 2.50. The molecule has 5 heteroatoms. The highest BCUT2D eigenvalue weighted by Crippen LogP contribution is 2.51. The number of hydrogen-bond donors (Lipinski definition) is 1. The van der Waals surface area contributed by atoms with Crippen LogP contribution in [-0.2, 0) is 10.2 Å². The van der Waals surface area contributed by atoms with Gasteiger partial charge in [0.2, 0.25) is 5.91 Å². The van der Waals surface area contributed by atoms with Crippen molar-refractivity contribution in [1.29, 1.82) is 0 Å². The molecule has 23 heavy (non-hydrogen) atoms. The van der Waals surface area contributed by atoms with Crippen molar-refractivity contribution in [3.8, 4) is 0 Å². The Morgan fingerprint density at radius 1 is 1.26 bits per heavy atom. The van der Waals surface area contributed by atoms with Crippen molar-refractivity contribution < 1.29 is 9.18 Å². The molecule has 0 spiro atoms. The largest absolute Gasteiger partial charge is 0.361 e. The highest BCUT2D eigenvalue weighted by atomic mass is 19.1. The highest BCUT2D eigenvalue weighted by molar-refractivity contribution is 5.97. The second-order valence-corrected chi connectivity index (χ2v) is 6.70. The number of nitrogens with one attached hydrogen (secondary N) is 1. The Bertz CT molecular complexity index is 742. The average Bonchev–Trinajstić information content (AvgIpc) is 3.28. The molecule has 2 aromatic rings. The van der Waals surface area contributed by atoms with Crippen LogP contribution in [0.5, 0.6) is 0 Å². The Labute approximate surface area is 135 Å². The molecule has 0 atom stereocenters. The topological polar surface area (TPSA) is 39.3 Å². The molecule has 4 nitrogen and oxygen atoms in total. The maximum absolute atomic E-state index is 13.6. The highest BCUT2D eigenvalue weighted by Gasteiger charge is 2.54. The Morgan fingerprint density at radius 2 is 2.00 bits per heavy atom. The molecule has 1 amide bonds. The molecule has 122 valence electrons. The number of nitrogens with zero attached hydrogens (tertiary/aromatic N) is 2. The van der Waals surface area contributed by atoms with Crippen molar-refractivity contribution in [1.82, 2.24) is 14.8 Å². The normalized spacial score (nSPS) is 20.9. The predicted molar refractivity (Wildman–Crippen MR) is 87.9 cm³/mol. The summed E-state index contributed by atoms with van der Waals surface area (Å²) < 4.78 is 13.6. The van der Waals surface area contributed by atoms with Gasteiger partial charge in [-0.1, -0.05) is 6.92 Å². The van der Waals surface area contributed by atoms with Crippen molar-refractivity contribution in [2.24, 2.45) is 0 Å². The van der Waals surface area contributed by atoms with Crippen LogP contribution >= 0.6 is 0 Å². The lowest BCUT2D eigenvalue weighted by Crippen LogP contribution is -2.51. The molecular weight excluding hydrogens is 293 g/mol. The number of hydrogen-bond acceptors (Lipinski definition) is 2. The number of carbonyl (C=O) groups is 1. The monoisotopic (exact) mass is 315 g/mol. The fraction of sp³-hybridized carbons (Fsp3) is 0.500. The lowest BCUT2D eigenvalue weighted by molar-refractivity contribution is -0.135. The number of halogens is 1. The van der Waals surface area contributed by atoms with E-state index in [0.717, 1.165) is 62.0 Å². The standard InChI is InChI=1S/C18H22FN3O/c1-2-21-7-9-22(10-8-21)17(23)18(5-6-18)15-12-20-16-4-3-13(19)11-14(15)16/h3-4,11-12,20H,2,5-10H2,1H3. The summed E-state index contributed by atoms with van der Waals surface area (Å²) in [4.78, 5) is 20.7. The minimum Gasteiger partial charge on any atom is -0.361 e. The third kappa shape index (κ3) is 2.34. The first-order valence-electron chi connectivity index (χ1n) is 8.43. The second kappa shape index (κ2) is 5.34. The van der Waals surface area contributed by atoms with Crippen molar-refractivity contribution in [2.45, 2.75) is 25.2 Å². The number of H-pyrrole nitrogens is 1. The molecule has 0 bridgehead atoms. The van der Waals surface area contributed by atoms with Gasteiger partial charge in [0.05, 0.1) is 5.41 Å². The van der Waals surface area contributed by atoms with E-state index in [0.29, 0.717) is 0 Å². The number of piperazine rings is 1. The number of amides is 1. The van der Waals surface area contributed by atoms with Gasteiger partial charge in [-0.25, -0.2) is 4.39 Å². The molecule has 0 radical (unpaired) electrons. The van der Waals surface area contributed by atoms with E-state index in [1.165, 1.54) is 6.07 Å². The fourth-order valence-corrected chi connectivity index (χ4v) is 3.78. The molecular formula is C18H22FN3O. The molecule has 2 fully saturated rings. The minimum absolute atomic E-state index is 0.221. The van der Waals surface area contributed by atoms with E-state index in [9.17, 15) is 9.18 Å². The third-order valence-electron chi connectivity index (χ3n) is 5.43. The molecule has 1 saturated carbocycles. The van der Waals surface area contributed by atoms with Gasteiger partial charge < -0.3 is 14.8 Å². The van der Waals surface area contributed by atoms with E-state index in [1.807, 2.05) is 11.1 Å². The van der Waals surface area contributed by atoms with Crippen LogP contribution in [0.4, 0.5) is 4.39 Å². The van der Waals surface area contributed by atoms with Gasteiger partial charge in [-0.2, -0.15) is 0 Å². The van der Waals surface area contributed by atoms with Gasteiger partial charge in [0.25, 0.3) is 0 Å². The number of fused-ring (bicyclic) bond motifs is 1. The van der Waals surface area contributed by atoms with E-state index in [1.54, 1.807) is 12.1 Å². The van der Waals surface area contributed by atoms with Crippen LogP contribution in [-0.4, -0.2) is 53.4 Å². The lowest BCUT2D eigenvalue weighted by atomic mass is 9.93.